The molecule has 1 aromatic heterocycles. The highest BCUT2D eigenvalue weighted by Crippen LogP contribution is 2.08. The van der Waals surface area contributed by atoms with Crippen LogP contribution in [-0.4, -0.2) is 29.5 Å². The molecule has 0 radical (unpaired) electrons. The molecule has 66 valence electrons. The molecular formula is C7H11N3OS. The Morgan fingerprint density at radius 3 is 2.92 bits per heavy atom. The van der Waals surface area contributed by atoms with Crippen LogP contribution in [0.3, 0.4) is 0 Å². The van der Waals surface area contributed by atoms with E-state index >= 15 is 0 Å². The van der Waals surface area contributed by atoms with Crippen LogP contribution in [0.4, 0.5) is 0 Å². The fourth-order valence-electron chi connectivity index (χ4n) is 0.994. The minimum absolute atomic E-state index is 0.522. The van der Waals surface area contributed by atoms with E-state index in [0.29, 0.717) is 6.04 Å². The average Bonchev–Trinajstić information content (AvgIpc) is 2.32. The summed E-state index contributed by atoms with van der Waals surface area (Å²) in [6.07, 6.45) is 0. The molecule has 1 fully saturated rings. The van der Waals surface area contributed by atoms with Crippen molar-refractivity contribution < 1.29 is 4.74 Å². The molecular weight excluding hydrogens is 174 g/mol. The van der Waals surface area contributed by atoms with Crippen LogP contribution in [0.25, 0.3) is 0 Å². The Morgan fingerprint density at radius 1 is 1.58 bits per heavy atom. The van der Waals surface area contributed by atoms with Crippen LogP contribution in [0.15, 0.2) is 0 Å². The first-order valence-electron chi connectivity index (χ1n) is 3.95. The van der Waals surface area contributed by atoms with Crippen LogP contribution in [0.5, 0.6) is 0 Å². The van der Waals surface area contributed by atoms with E-state index in [4.69, 9.17) is 4.74 Å². The molecule has 0 saturated carbocycles. The Bertz CT molecular complexity index is 259. The van der Waals surface area contributed by atoms with Crippen LogP contribution in [0.1, 0.15) is 10.0 Å². The lowest BCUT2D eigenvalue weighted by atomic mass is 10.2. The zero-order valence-electron chi connectivity index (χ0n) is 6.91. The van der Waals surface area contributed by atoms with Gasteiger partial charge in [-0.1, -0.05) is 0 Å². The predicted molar refractivity (Wildman–Crippen MR) is 46.1 cm³/mol. The van der Waals surface area contributed by atoms with E-state index < -0.39 is 0 Å². The van der Waals surface area contributed by atoms with E-state index in [1.54, 1.807) is 11.3 Å². The van der Waals surface area contributed by atoms with Gasteiger partial charge in [-0.25, -0.2) is 0 Å². The van der Waals surface area contributed by atoms with Crippen molar-refractivity contribution in [3.05, 3.63) is 10.0 Å². The number of nitrogens with one attached hydrogen (secondary N) is 1. The van der Waals surface area contributed by atoms with Gasteiger partial charge in [0.15, 0.2) is 0 Å². The fraction of sp³-hybridized carbons (Fsp3) is 0.714. The van der Waals surface area contributed by atoms with Crippen LogP contribution >= 0.6 is 11.3 Å². The van der Waals surface area contributed by atoms with Crippen molar-refractivity contribution in [2.24, 2.45) is 0 Å². The summed E-state index contributed by atoms with van der Waals surface area (Å²) in [5.74, 6) is 0. The molecule has 0 amide bonds. The Labute approximate surface area is 75.0 Å². The van der Waals surface area contributed by atoms with E-state index in [-0.39, 0.29) is 0 Å². The van der Waals surface area contributed by atoms with Gasteiger partial charge < -0.3 is 10.1 Å². The quantitative estimate of drug-likeness (QED) is 0.737. The predicted octanol–water partition coefficient (Wildman–Crippen LogP) is 0.335. The fourth-order valence-corrected chi connectivity index (χ4v) is 1.65. The highest BCUT2D eigenvalue weighted by Gasteiger charge is 2.17. The summed E-state index contributed by atoms with van der Waals surface area (Å²) in [6.45, 7) is 4.45. The minimum Gasteiger partial charge on any atom is -0.378 e. The molecule has 1 aliphatic rings. The van der Waals surface area contributed by atoms with E-state index in [2.05, 4.69) is 15.5 Å². The molecule has 0 unspecified atom stereocenters. The minimum atomic E-state index is 0.522. The van der Waals surface area contributed by atoms with Crippen LogP contribution in [-0.2, 0) is 11.3 Å². The second-order valence-electron chi connectivity index (χ2n) is 2.83. The molecule has 12 heavy (non-hydrogen) atoms. The van der Waals surface area contributed by atoms with Gasteiger partial charge in [0.1, 0.15) is 10.0 Å². The van der Waals surface area contributed by atoms with Crippen molar-refractivity contribution in [2.75, 3.05) is 13.2 Å². The summed E-state index contributed by atoms with van der Waals surface area (Å²) in [7, 11) is 0. The van der Waals surface area contributed by atoms with E-state index in [1.807, 2.05) is 6.92 Å². The smallest absolute Gasteiger partial charge is 0.131 e. The van der Waals surface area contributed by atoms with Crippen molar-refractivity contribution in [1.29, 1.82) is 0 Å². The van der Waals surface area contributed by atoms with E-state index in [9.17, 15) is 0 Å². The standard InChI is InChI=1S/C7H11N3OS/c1-5-9-10-7(12-5)2-8-6-3-11-4-6/h6,8H,2-4H2,1H3. The van der Waals surface area contributed by atoms with Crippen molar-refractivity contribution in [3.63, 3.8) is 0 Å². The molecule has 2 rings (SSSR count). The summed E-state index contributed by atoms with van der Waals surface area (Å²) in [5, 5.41) is 13.4. The lowest BCUT2D eigenvalue weighted by molar-refractivity contribution is -0.00580. The Kier molecular flexibility index (Phi) is 2.34. The molecule has 0 spiro atoms. The van der Waals surface area contributed by atoms with Crippen LogP contribution in [0.2, 0.25) is 0 Å². The molecule has 0 aromatic carbocycles. The molecule has 1 N–H and O–H groups in total. The molecule has 1 aromatic rings. The largest absolute Gasteiger partial charge is 0.378 e. The highest BCUT2D eigenvalue weighted by atomic mass is 32.1. The Balaban J connectivity index is 1.79. The van der Waals surface area contributed by atoms with Crippen LogP contribution in [0, 0.1) is 6.92 Å². The van der Waals surface area contributed by atoms with Gasteiger partial charge in [-0.15, -0.1) is 21.5 Å². The maximum Gasteiger partial charge on any atom is 0.131 e. The first kappa shape index (κ1) is 8.10. The molecule has 0 aliphatic carbocycles. The maximum absolute atomic E-state index is 5.03. The maximum atomic E-state index is 5.03. The normalized spacial score (nSPS) is 17.8. The van der Waals surface area contributed by atoms with E-state index in [0.717, 1.165) is 29.8 Å². The number of hydrogen-bond acceptors (Lipinski definition) is 5. The third-order valence-corrected chi connectivity index (χ3v) is 2.59. The summed E-state index contributed by atoms with van der Waals surface area (Å²) in [4.78, 5) is 0. The Hall–Kier alpha value is -0.520. The van der Waals surface area contributed by atoms with Gasteiger partial charge >= 0.3 is 0 Å². The van der Waals surface area contributed by atoms with Gasteiger partial charge in [0.2, 0.25) is 0 Å². The molecule has 2 heterocycles. The highest BCUT2D eigenvalue weighted by molar-refractivity contribution is 7.11. The van der Waals surface area contributed by atoms with Gasteiger partial charge in [-0.2, -0.15) is 0 Å². The number of hydrogen-bond donors (Lipinski definition) is 1. The lowest BCUT2D eigenvalue weighted by Gasteiger charge is -2.26. The zero-order valence-corrected chi connectivity index (χ0v) is 7.73. The molecule has 4 nitrogen and oxygen atoms in total. The first-order chi connectivity index (χ1) is 5.84. The summed E-state index contributed by atoms with van der Waals surface area (Å²) in [5.41, 5.74) is 0. The molecule has 1 saturated heterocycles. The van der Waals surface area contributed by atoms with E-state index in [1.165, 1.54) is 0 Å². The first-order valence-corrected chi connectivity index (χ1v) is 4.76. The second kappa shape index (κ2) is 3.47. The topological polar surface area (TPSA) is 47.0 Å². The summed E-state index contributed by atoms with van der Waals surface area (Å²) < 4.78 is 5.03. The molecule has 0 bridgehead atoms. The van der Waals surface area contributed by atoms with Gasteiger partial charge in [-0.3, -0.25) is 0 Å². The Morgan fingerprint density at radius 2 is 2.42 bits per heavy atom. The second-order valence-corrected chi connectivity index (χ2v) is 4.10. The lowest BCUT2D eigenvalue weighted by Crippen LogP contribution is -2.45. The van der Waals surface area contributed by atoms with Gasteiger partial charge in [0.25, 0.3) is 0 Å². The third-order valence-electron chi connectivity index (χ3n) is 1.75. The monoisotopic (exact) mass is 185 g/mol. The van der Waals surface area contributed by atoms with Gasteiger partial charge in [0.05, 0.1) is 25.8 Å². The van der Waals surface area contributed by atoms with Crippen molar-refractivity contribution in [3.8, 4) is 0 Å². The molecule has 0 atom stereocenters. The SMILES string of the molecule is Cc1nnc(CNC2COC2)s1. The zero-order chi connectivity index (χ0) is 8.39. The number of rotatable bonds is 3. The van der Waals surface area contributed by atoms with Gasteiger partial charge in [0, 0.05) is 0 Å². The molecule has 5 heteroatoms. The van der Waals surface area contributed by atoms with Crippen molar-refractivity contribution >= 4 is 11.3 Å². The number of aromatic nitrogens is 2. The average molecular weight is 185 g/mol. The number of aryl methyl sites for hydroxylation is 1. The summed E-state index contributed by atoms with van der Waals surface area (Å²) in [6, 6.07) is 0.522. The van der Waals surface area contributed by atoms with Crippen LogP contribution < -0.4 is 5.32 Å². The summed E-state index contributed by atoms with van der Waals surface area (Å²) >= 11 is 1.64. The number of nitrogens with zero attached hydrogens (tertiary/aromatic N) is 2. The van der Waals surface area contributed by atoms with Crippen molar-refractivity contribution in [1.82, 2.24) is 15.5 Å². The number of ether oxygens (including phenoxy) is 1. The van der Waals surface area contributed by atoms with Gasteiger partial charge in [-0.05, 0) is 6.92 Å². The molecule has 1 aliphatic heterocycles. The third kappa shape index (κ3) is 1.80. The van der Waals surface area contributed by atoms with Crippen molar-refractivity contribution in [2.45, 2.75) is 19.5 Å².